The summed E-state index contributed by atoms with van der Waals surface area (Å²) in [5.41, 5.74) is 3.07. The molecule has 0 spiro atoms. The highest BCUT2D eigenvalue weighted by Gasteiger charge is 2.15. The average molecular weight is 339 g/mol. The standard InChI is InChI=1S/C13H11BrN2O2S/c1-6-4-10(19-12(6)14)11(17)7-2-3-8-9(5-7)16-13(18)15-8/h2-5,11,17H,1H3,(H2,15,16,18). The van der Waals surface area contributed by atoms with E-state index in [1.807, 2.05) is 19.1 Å². The molecule has 1 unspecified atom stereocenters. The number of rotatable bonds is 2. The summed E-state index contributed by atoms with van der Waals surface area (Å²) in [6.07, 6.45) is -0.683. The van der Waals surface area contributed by atoms with Gasteiger partial charge in [0.25, 0.3) is 0 Å². The summed E-state index contributed by atoms with van der Waals surface area (Å²) in [6.45, 7) is 1.99. The molecule has 0 aliphatic carbocycles. The predicted octanol–water partition coefficient (Wildman–Crippen LogP) is 3.07. The Bertz CT molecular complexity index is 783. The lowest BCUT2D eigenvalue weighted by Crippen LogP contribution is -1.99. The molecule has 0 bridgehead atoms. The first kappa shape index (κ1) is 12.7. The molecule has 19 heavy (non-hydrogen) atoms. The summed E-state index contributed by atoms with van der Waals surface area (Å²) < 4.78 is 1.03. The lowest BCUT2D eigenvalue weighted by molar-refractivity contribution is 0.224. The van der Waals surface area contributed by atoms with Gasteiger partial charge in [-0.15, -0.1) is 11.3 Å². The number of hydrogen-bond donors (Lipinski definition) is 3. The second-order valence-electron chi connectivity index (χ2n) is 4.39. The number of aliphatic hydroxyl groups excluding tert-OH is 1. The van der Waals surface area contributed by atoms with Crippen molar-refractivity contribution in [2.24, 2.45) is 0 Å². The van der Waals surface area contributed by atoms with Crippen molar-refractivity contribution in [3.05, 3.63) is 54.5 Å². The zero-order valence-corrected chi connectivity index (χ0v) is 12.4. The summed E-state index contributed by atoms with van der Waals surface area (Å²) in [7, 11) is 0. The maximum Gasteiger partial charge on any atom is 0.323 e. The number of aryl methyl sites for hydroxylation is 1. The van der Waals surface area contributed by atoms with Crippen LogP contribution in [0.5, 0.6) is 0 Å². The van der Waals surface area contributed by atoms with Gasteiger partial charge < -0.3 is 15.1 Å². The number of H-pyrrole nitrogens is 2. The molecule has 0 saturated heterocycles. The lowest BCUT2D eigenvalue weighted by Gasteiger charge is -2.08. The molecular weight excluding hydrogens is 328 g/mol. The van der Waals surface area contributed by atoms with E-state index in [1.165, 1.54) is 11.3 Å². The molecule has 0 aliphatic rings. The highest BCUT2D eigenvalue weighted by molar-refractivity contribution is 9.11. The van der Waals surface area contributed by atoms with E-state index in [1.54, 1.807) is 12.1 Å². The van der Waals surface area contributed by atoms with E-state index in [9.17, 15) is 9.90 Å². The number of halogens is 1. The Labute approximate surface area is 121 Å². The maximum atomic E-state index is 11.2. The number of fused-ring (bicyclic) bond motifs is 1. The molecule has 0 aliphatic heterocycles. The molecule has 1 atom stereocenters. The van der Waals surface area contributed by atoms with Gasteiger partial charge in [-0.2, -0.15) is 0 Å². The van der Waals surface area contributed by atoms with Crippen LogP contribution in [0.3, 0.4) is 0 Å². The summed E-state index contributed by atoms with van der Waals surface area (Å²) in [4.78, 5) is 17.5. The van der Waals surface area contributed by atoms with Crippen molar-refractivity contribution in [3.8, 4) is 0 Å². The fourth-order valence-corrected chi connectivity index (χ4v) is 3.59. The number of nitrogens with one attached hydrogen (secondary N) is 2. The second-order valence-corrected chi connectivity index (χ2v) is 6.79. The number of aromatic amines is 2. The highest BCUT2D eigenvalue weighted by Crippen LogP contribution is 2.34. The van der Waals surface area contributed by atoms with Crippen LogP contribution in [0.2, 0.25) is 0 Å². The number of hydrogen-bond acceptors (Lipinski definition) is 3. The SMILES string of the molecule is Cc1cc(C(O)c2ccc3[nH]c(=O)[nH]c3c2)sc1Br. The van der Waals surface area contributed by atoms with Gasteiger partial charge in [0.15, 0.2) is 0 Å². The molecule has 4 nitrogen and oxygen atoms in total. The Morgan fingerprint density at radius 1 is 1.26 bits per heavy atom. The molecule has 0 radical (unpaired) electrons. The van der Waals surface area contributed by atoms with Gasteiger partial charge in [-0.1, -0.05) is 6.07 Å². The number of thiophene rings is 1. The summed E-state index contributed by atoms with van der Waals surface area (Å²) >= 11 is 4.97. The van der Waals surface area contributed by atoms with Crippen molar-refractivity contribution in [1.82, 2.24) is 9.97 Å². The molecule has 3 aromatic rings. The van der Waals surface area contributed by atoms with E-state index in [2.05, 4.69) is 25.9 Å². The Kier molecular flexibility index (Phi) is 3.08. The minimum Gasteiger partial charge on any atom is -0.383 e. The Balaban J connectivity index is 2.05. The first-order valence-corrected chi connectivity index (χ1v) is 7.31. The third-order valence-electron chi connectivity index (χ3n) is 3.00. The van der Waals surface area contributed by atoms with Crippen LogP contribution in [-0.4, -0.2) is 15.1 Å². The monoisotopic (exact) mass is 338 g/mol. The molecule has 6 heteroatoms. The van der Waals surface area contributed by atoms with E-state index in [0.717, 1.165) is 25.3 Å². The Hall–Kier alpha value is -1.37. The van der Waals surface area contributed by atoms with Gasteiger partial charge in [-0.3, -0.25) is 0 Å². The third-order valence-corrected chi connectivity index (χ3v) is 5.19. The molecule has 3 rings (SSSR count). The Morgan fingerprint density at radius 3 is 2.68 bits per heavy atom. The minimum atomic E-state index is -0.683. The average Bonchev–Trinajstić information content (AvgIpc) is 2.90. The van der Waals surface area contributed by atoms with Gasteiger partial charge in [-0.25, -0.2) is 4.79 Å². The normalized spacial score (nSPS) is 13.0. The van der Waals surface area contributed by atoms with Gasteiger partial charge in [0, 0.05) is 4.88 Å². The van der Waals surface area contributed by atoms with Crippen molar-refractivity contribution >= 4 is 38.3 Å². The molecule has 98 valence electrons. The van der Waals surface area contributed by atoms with Gasteiger partial charge in [0.2, 0.25) is 0 Å². The first-order valence-electron chi connectivity index (χ1n) is 5.70. The smallest absolute Gasteiger partial charge is 0.323 e. The van der Waals surface area contributed by atoms with Crippen LogP contribution in [-0.2, 0) is 0 Å². The molecule has 0 fully saturated rings. The quantitative estimate of drug-likeness (QED) is 0.672. The first-order chi connectivity index (χ1) is 9.04. The molecule has 2 aromatic heterocycles. The number of imidazole rings is 1. The van der Waals surface area contributed by atoms with Crippen LogP contribution in [0, 0.1) is 6.92 Å². The number of aliphatic hydroxyl groups is 1. The molecular formula is C13H11BrN2O2S. The van der Waals surface area contributed by atoms with Crippen molar-refractivity contribution < 1.29 is 5.11 Å². The topological polar surface area (TPSA) is 68.9 Å². The van der Waals surface area contributed by atoms with Crippen LogP contribution in [0.25, 0.3) is 11.0 Å². The third kappa shape index (κ3) is 2.27. The molecule has 1 aromatic carbocycles. The molecule has 0 saturated carbocycles. The van der Waals surface area contributed by atoms with Crippen molar-refractivity contribution in [1.29, 1.82) is 0 Å². The number of aromatic nitrogens is 2. The van der Waals surface area contributed by atoms with E-state index in [4.69, 9.17) is 0 Å². The summed E-state index contributed by atoms with van der Waals surface area (Å²) in [6, 6.07) is 7.37. The van der Waals surface area contributed by atoms with Gasteiger partial charge in [0.05, 0.1) is 14.8 Å². The van der Waals surface area contributed by atoms with Crippen molar-refractivity contribution in [2.75, 3.05) is 0 Å². The highest BCUT2D eigenvalue weighted by atomic mass is 79.9. The van der Waals surface area contributed by atoms with Crippen LogP contribution in [0.15, 0.2) is 32.8 Å². The van der Waals surface area contributed by atoms with Crippen LogP contribution in [0.1, 0.15) is 22.1 Å². The van der Waals surface area contributed by atoms with Crippen molar-refractivity contribution in [3.63, 3.8) is 0 Å². The van der Waals surface area contributed by atoms with Gasteiger partial charge in [-0.05, 0) is 52.2 Å². The van der Waals surface area contributed by atoms with Crippen LogP contribution >= 0.6 is 27.3 Å². The van der Waals surface area contributed by atoms with E-state index in [-0.39, 0.29) is 5.69 Å². The van der Waals surface area contributed by atoms with E-state index >= 15 is 0 Å². The summed E-state index contributed by atoms with van der Waals surface area (Å²) in [5, 5.41) is 10.4. The number of benzene rings is 1. The Morgan fingerprint density at radius 2 is 2.00 bits per heavy atom. The van der Waals surface area contributed by atoms with Gasteiger partial charge >= 0.3 is 5.69 Å². The zero-order valence-electron chi connectivity index (χ0n) is 10.0. The predicted molar refractivity (Wildman–Crippen MR) is 79.7 cm³/mol. The molecule has 3 N–H and O–H groups in total. The lowest BCUT2D eigenvalue weighted by atomic mass is 10.1. The van der Waals surface area contributed by atoms with E-state index < -0.39 is 6.10 Å². The second kappa shape index (κ2) is 4.63. The van der Waals surface area contributed by atoms with Gasteiger partial charge in [0.1, 0.15) is 6.10 Å². The van der Waals surface area contributed by atoms with Crippen molar-refractivity contribution in [2.45, 2.75) is 13.0 Å². The largest absolute Gasteiger partial charge is 0.383 e. The maximum absolute atomic E-state index is 11.2. The minimum absolute atomic E-state index is 0.239. The van der Waals surface area contributed by atoms with Crippen LogP contribution < -0.4 is 5.69 Å². The zero-order chi connectivity index (χ0) is 13.6. The molecule has 0 amide bonds. The molecule has 2 heterocycles. The van der Waals surface area contributed by atoms with E-state index in [0.29, 0.717) is 5.52 Å². The summed E-state index contributed by atoms with van der Waals surface area (Å²) in [5.74, 6) is 0. The fourth-order valence-electron chi connectivity index (χ4n) is 2.00. The van der Waals surface area contributed by atoms with Crippen LogP contribution in [0.4, 0.5) is 0 Å². The fraction of sp³-hybridized carbons (Fsp3) is 0.154.